The molecule has 4 heteroatoms. The fourth-order valence-corrected chi connectivity index (χ4v) is 4.00. The van der Waals surface area contributed by atoms with Crippen molar-refractivity contribution in [3.63, 3.8) is 0 Å². The Morgan fingerprint density at radius 1 is 1.19 bits per heavy atom. The van der Waals surface area contributed by atoms with Crippen LogP contribution < -0.4 is 0 Å². The number of fused-ring (bicyclic) bond motifs is 1. The highest BCUT2D eigenvalue weighted by Crippen LogP contribution is 2.41. The van der Waals surface area contributed by atoms with Gasteiger partial charge in [0.2, 0.25) is 5.90 Å². The Morgan fingerprint density at radius 2 is 1.92 bits per heavy atom. The minimum atomic E-state index is -0.308. The van der Waals surface area contributed by atoms with Crippen LogP contribution in [0.4, 0.5) is 4.39 Å². The highest BCUT2D eigenvalue weighted by Gasteiger charge is 2.44. The second kappa shape index (κ2) is 6.64. The number of ether oxygens (including phenoxy) is 1. The predicted molar refractivity (Wildman–Crippen MR) is 105 cm³/mol. The van der Waals surface area contributed by atoms with Gasteiger partial charge in [-0.1, -0.05) is 39.8 Å². The topological polar surface area (TPSA) is 34.5 Å². The van der Waals surface area contributed by atoms with Crippen LogP contribution in [0, 0.1) is 17.7 Å². The Morgan fingerprint density at radius 3 is 2.58 bits per heavy atom. The maximum absolute atomic E-state index is 13.9. The fourth-order valence-electron chi connectivity index (χ4n) is 4.00. The van der Waals surface area contributed by atoms with E-state index in [2.05, 4.69) is 46.5 Å². The molecule has 1 aliphatic heterocycles. The van der Waals surface area contributed by atoms with Gasteiger partial charge in [0.15, 0.2) is 0 Å². The Balaban J connectivity index is 2.09. The van der Waals surface area contributed by atoms with E-state index >= 15 is 0 Å². The minimum Gasteiger partial charge on any atom is -0.471 e. The summed E-state index contributed by atoms with van der Waals surface area (Å²) in [5.41, 5.74) is 0.712. The van der Waals surface area contributed by atoms with Gasteiger partial charge >= 0.3 is 0 Å². The second-order valence-corrected chi connectivity index (χ2v) is 8.79. The number of rotatable bonds is 4. The number of nitrogens with zero attached hydrogens (tertiary/aromatic N) is 2. The van der Waals surface area contributed by atoms with Crippen LogP contribution in [0.15, 0.2) is 35.5 Å². The average molecular weight is 356 g/mol. The zero-order valence-electron chi connectivity index (χ0n) is 16.6. The molecule has 0 aliphatic carbocycles. The first-order valence-electron chi connectivity index (χ1n) is 9.45. The highest BCUT2D eigenvalue weighted by molar-refractivity contribution is 5.98. The van der Waals surface area contributed by atoms with E-state index in [0.29, 0.717) is 23.3 Å². The molecule has 2 atom stereocenters. The standard InChI is InChI=1S/C22H29FN2O/c1-14(2)11-21(5)13-22(6,15(3)4)26-20(25-21)17-10-16-8-7-9-18(23)19(16)24-12-17/h7-10,12,14-15H,11,13H2,1-6H3. The van der Waals surface area contributed by atoms with Crippen molar-refractivity contribution < 1.29 is 9.13 Å². The summed E-state index contributed by atoms with van der Waals surface area (Å²) in [7, 11) is 0. The van der Waals surface area contributed by atoms with Crippen molar-refractivity contribution in [1.82, 2.24) is 4.98 Å². The van der Waals surface area contributed by atoms with Crippen molar-refractivity contribution in [3.8, 4) is 0 Å². The van der Waals surface area contributed by atoms with Gasteiger partial charge < -0.3 is 4.74 Å². The van der Waals surface area contributed by atoms with Gasteiger partial charge in [-0.05, 0) is 44.2 Å². The maximum atomic E-state index is 13.9. The molecule has 3 rings (SSSR count). The molecule has 0 saturated heterocycles. The van der Waals surface area contributed by atoms with Crippen LogP contribution in [0.2, 0.25) is 0 Å². The third-order valence-corrected chi connectivity index (χ3v) is 5.41. The molecule has 0 bridgehead atoms. The summed E-state index contributed by atoms with van der Waals surface area (Å²) in [6.07, 6.45) is 3.55. The van der Waals surface area contributed by atoms with Crippen molar-refractivity contribution in [2.45, 2.75) is 65.5 Å². The second-order valence-electron chi connectivity index (χ2n) is 8.79. The maximum Gasteiger partial charge on any atom is 0.218 e. The number of hydrogen-bond donors (Lipinski definition) is 0. The van der Waals surface area contributed by atoms with Gasteiger partial charge in [-0.25, -0.2) is 9.38 Å². The number of para-hydroxylation sites is 1. The van der Waals surface area contributed by atoms with Crippen LogP contribution >= 0.6 is 0 Å². The van der Waals surface area contributed by atoms with Crippen LogP contribution in [0.5, 0.6) is 0 Å². The summed E-state index contributed by atoms with van der Waals surface area (Å²) in [5, 5.41) is 0.760. The third-order valence-electron chi connectivity index (χ3n) is 5.41. The molecule has 2 aromatic rings. The molecule has 26 heavy (non-hydrogen) atoms. The van der Waals surface area contributed by atoms with Crippen LogP contribution in [0.1, 0.15) is 59.9 Å². The van der Waals surface area contributed by atoms with Crippen LogP contribution in [0.25, 0.3) is 10.9 Å². The molecular formula is C22H29FN2O. The molecule has 0 N–H and O–H groups in total. The SMILES string of the molecule is CC(C)CC1(C)CC(C)(C(C)C)OC(c2cnc3c(F)cccc3c2)=N1. The molecule has 1 aromatic heterocycles. The van der Waals surface area contributed by atoms with Gasteiger partial charge in [-0.3, -0.25) is 4.98 Å². The van der Waals surface area contributed by atoms with Crippen LogP contribution in [-0.2, 0) is 4.74 Å². The zero-order valence-corrected chi connectivity index (χ0v) is 16.6. The summed E-state index contributed by atoms with van der Waals surface area (Å²) < 4.78 is 20.3. The summed E-state index contributed by atoms with van der Waals surface area (Å²) in [6, 6.07) is 6.92. The first-order chi connectivity index (χ1) is 12.1. The van der Waals surface area contributed by atoms with Crippen molar-refractivity contribution in [2.24, 2.45) is 16.8 Å². The highest BCUT2D eigenvalue weighted by atomic mass is 19.1. The number of aromatic nitrogens is 1. The van der Waals surface area contributed by atoms with Crippen molar-refractivity contribution in [1.29, 1.82) is 0 Å². The summed E-state index contributed by atoms with van der Waals surface area (Å²) >= 11 is 0. The number of halogens is 1. The number of aliphatic imine (C=N–C) groups is 1. The largest absolute Gasteiger partial charge is 0.471 e. The van der Waals surface area contributed by atoms with E-state index < -0.39 is 0 Å². The molecule has 0 amide bonds. The van der Waals surface area contributed by atoms with E-state index in [4.69, 9.17) is 9.73 Å². The molecule has 0 spiro atoms. The minimum absolute atomic E-state index is 0.183. The summed E-state index contributed by atoms with van der Waals surface area (Å²) in [6.45, 7) is 13.2. The first-order valence-corrected chi connectivity index (χ1v) is 9.45. The van der Waals surface area contributed by atoms with Crippen LogP contribution in [0.3, 0.4) is 0 Å². The van der Waals surface area contributed by atoms with Crippen LogP contribution in [-0.4, -0.2) is 22.0 Å². The summed E-state index contributed by atoms with van der Waals surface area (Å²) in [5.74, 6) is 1.21. The lowest BCUT2D eigenvalue weighted by Crippen LogP contribution is -2.49. The quantitative estimate of drug-likeness (QED) is 0.698. The molecule has 0 saturated carbocycles. The molecule has 1 aromatic carbocycles. The third kappa shape index (κ3) is 3.60. The van der Waals surface area contributed by atoms with E-state index in [1.54, 1.807) is 12.3 Å². The lowest BCUT2D eigenvalue weighted by atomic mass is 9.75. The number of benzene rings is 1. The zero-order chi connectivity index (χ0) is 19.1. The van der Waals surface area contributed by atoms with Gasteiger partial charge in [-0.15, -0.1) is 0 Å². The van der Waals surface area contributed by atoms with E-state index in [-0.39, 0.29) is 17.0 Å². The Bertz CT molecular complexity index is 845. The molecule has 2 unspecified atom stereocenters. The van der Waals surface area contributed by atoms with E-state index in [1.807, 2.05) is 12.1 Å². The van der Waals surface area contributed by atoms with Crippen molar-refractivity contribution >= 4 is 16.8 Å². The predicted octanol–water partition coefficient (Wildman–Crippen LogP) is 5.76. The van der Waals surface area contributed by atoms with Crippen molar-refractivity contribution in [2.75, 3.05) is 0 Å². The van der Waals surface area contributed by atoms with Gasteiger partial charge in [0.25, 0.3) is 0 Å². The molecule has 2 heterocycles. The number of hydrogen-bond acceptors (Lipinski definition) is 3. The molecule has 0 fully saturated rings. The molecule has 1 aliphatic rings. The monoisotopic (exact) mass is 356 g/mol. The Hall–Kier alpha value is -1.97. The Labute approximate surface area is 155 Å². The Kier molecular flexibility index (Phi) is 4.80. The van der Waals surface area contributed by atoms with Gasteiger partial charge in [0.1, 0.15) is 16.9 Å². The fraction of sp³-hybridized carbons (Fsp3) is 0.545. The lowest BCUT2D eigenvalue weighted by molar-refractivity contribution is -0.0173. The van der Waals surface area contributed by atoms with E-state index in [9.17, 15) is 4.39 Å². The van der Waals surface area contributed by atoms with E-state index in [1.165, 1.54) is 6.07 Å². The lowest BCUT2D eigenvalue weighted by Gasteiger charge is -2.45. The molecular weight excluding hydrogens is 327 g/mol. The molecule has 3 nitrogen and oxygen atoms in total. The molecule has 140 valence electrons. The van der Waals surface area contributed by atoms with Crippen molar-refractivity contribution in [3.05, 3.63) is 41.8 Å². The van der Waals surface area contributed by atoms with Gasteiger partial charge in [0, 0.05) is 18.0 Å². The smallest absolute Gasteiger partial charge is 0.218 e. The first kappa shape index (κ1) is 18.8. The van der Waals surface area contributed by atoms with Gasteiger partial charge in [-0.2, -0.15) is 0 Å². The molecule has 0 radical (unpaired) electrons. The average Bonchev–Trinajstić information content (AvgIpc) is 2.52. The summed E-state index contributed by atoms with van der Waals surface area (Å²) in [4.78, 5) is 9.31. The normalized spacial score (nSPS) is 26.3. The number of pyridine rings is 1. The van der Waals surface area contributed by atoms with E-state index in [0.717, 1.165) is 23.8 Å². The van der Waals surface area contributed by atoms with Gasteiger partial charge in [0.05, 0.1) is 11.1 Å².